The molecule has 0 aromatic heterocycles. The highest BCUT2D eigenvalue weighted by Crippen LogP contribution is 1.99. The molecule has 1 atom stereocenters. The number of hydrogen-bond donors (Lipinski definition) is 2. The van der Waals surface area contributed by atoms with Crippen molar-refractivity contribution in [3.05, 3.63) is 12.3 Å². The Kier molecular flexibility index (Phi) is 2.54. The Morgan fingerprint density at radius 2 is 2.67 bits per heavy atom. The van der Waals surface area contributed by atoms with Crippen molar-refractivity contribution < 1.29 is 9.84 Å². The quantitative estimate of drug-likeness (QED) is 0.530. The molecule has 1 aliphatic rings. The van der Waals surface area contributed by atoms with Crippen molar-refractivity contribution in [3.63, 3.8) is 0 Å². The molecule has 0 aromatic carbocycles. The maximum atomic E-state index is 8.26. The molecule has 1 heterocycles. The van der Waals surface area contributed by atoms with Crippen molar-refractivity contribution in [2.24, 2.45) is 0 Å². The van der Waals surface area contributed by atoms with Crippen LogP contribution in [-0.2, 0) is 4.74 Å². The smallest absolute Gasteiger partial charge is 0.111 e. The largest absolute Gasteiger partial charge is 0.516 e. The van der Waals surface area contributed by atoms with Crippen LogP contribution in [-0.4, -0.2) is 24.5 Å². The molecule has 1 fully saturated rings. The summed E-state index contributed by atoms with van der Waals surface area (Å²) in [5.41, 5.74) is 0. The molecule has 0 radical (unpaired) electrons. The molecule has 1 unspecified atom stereocenters. The van der Waals surface area contributed by atoms with Crippen molar-refractivity contribution in [3.8, 4) is 0 Å². The van der Waals surface area contributed by atoms with Crippen LogP contribution in [0.4, 0.5) is 0 Å². The maximum Gasteiger partial charge on any atom is 0.111 e. The van der Waals surface area contributed by atoms with Crippen LogP contribution in [0.1, 0.15) is 6.42 Å². The van der Waals surface area contributed by atoms with Gasteiger partial charge in [0.05, 0.1) is 12.9 Å². The molecule has 0 saturated carbocycles. The standard InChI is InChI=1S/C6H11NO2/c8-4-1-2-6-7-3-5-9-6/h1,4,6-8H,2-3,5H2. The molecule has 0 amide bonds. The molecule has 0 spiro atoms. The normalized spacial score (nSPS) is 27.8. The molecule has 9 heavy (non-hydrogen) atoms. The summed E-state index contributed by atoms with van der Waals surface area (Å²) in [7, 11) is 0. The number of aliphatic hydroxyl groups excluding tert-OH is 1. The molecule has 0 aromatic rings. The minimum Gasteiger partial charge on any atom is -0.516 e. The van der Waals surface area contributed by atoms with E-state index in [4.69, 9.17) is 9.84 Å². The van der Waals surface area contributed by atoms with Crippen molar-refractivity contribution in [2.75, 3.05) is 13.2 Å². The van der Waals surface area contributed by atoms with E-state index in [0.717, 1.165) is 25.8 Å². The minimum atomic E-state index is 0.119. The molecule has 0 aliphatic carbocycles. The predicted octanol–water partition coefficient (Wildman–Crippen LogP) is 0.394. The van der Waals surface area contributed by atoms with Gasteiger partial charge in [-0.2, -0.15) is 0 Å². The lowest BCUT2D eigenvalue weighted by atomic mass is 10.4. The molecule has 3 heteroatoms. The van der Waals surface area contributed by atoms with Crippen LogP contribution >= 0.6 is 0 Å². The first kappa shape index (κ1) is 6.58. The second-order valence-electron chi connectivity index (χ2n) is 1.93. The first-order valence-electron chi connectivity index (χ1n) is 3.07. The van der Waals surface area contributed by atoms with Crippen LogP contribution in [0, 0.1) is 0 Å². The van der Waals surface area contributed by atoms with Gasteiger partial charge in [-0.15, -0.1) is 0 Å². The Morgan fingerprint density at radius 1 is 1.78 bits per heavy atom. The lowest BCUT2D eigenvalue weighted by molar-refractivity contribution is 0.103. The van der Waals surface area contributed by atoms with E-state index in [1.54, 1.807) is 6.08 Å². The van der Waals surface area contributed by atoms with Gasteiger partial charge in [0.15, 0.2) is 0 Å². The summed E-state index contributed by atoms with van der Waals surface area (Å²) < 4.78 is 5.18. The fourth-order valence-corrected chi connectivity index (χ4v) is 0.816. The highest BCUT2D eigenvalue weighted by Gasteiger charge is 2.11. The Bertz CT molecular complexity index is 97.2. The maximum absolute atomic E-state index is 8.26. The van der Waals surface area contributed by atoms with E-state index >= 15 is 0 Å². The van der Waals surface area contributed by atoms with Crippen LogP contribution in [0.25, 0.3) is 0 Å². The van der Waals surface area contributed by atoms with Crippen molar-refractivity contribution in [1.29, 1.82) is 0 Å². The van der Waals surface area contributed by atoms with E-state index in [9.17, 15) is 0 Å². The van der Waals surface area contributed by atoms with Crippen molar-refractivity contribution >= 4 is 0 Å². The van der Waals surface area contributed by atoms with Crippen molar-refractivity contribution in [1.82, 2.24) is 5.32 Å². The van der Waals surface area contributed by atoms with E-state index in [0.29, 0.717) is 0 Å². The molecular formula is C6H11NO2. The zero-order chi connectivity index (χ0) is 6.53. The molecule has 52 valence electrons. The van der Waals surface area contributed by atoms with Crippen LogP contribution in [0.15, 0.2) is 12.3 Å². The Labute approximate surface area is 54.3 Å². The van der Waals surface area contributed by atoms with Gasteiger partial charge in [0.1, 0.15) is 6.23 Å². The van der Waals surface area contributed by atoms with E-state index in [2.05, 4.69) is 5.32 Å². The fourth-order valence-electron chi connectivity index (χ4n) is 0.816. The Balaban J connectivity index is 2.11. The third-order valence-electron chi connectivity index (χ3n) is 1.25. The topological polar surface area (TPSA) is 41.5 Å². The van der Waals surface area contributed by atoms with Crippen LogP contribution in [0.3, 0.4) is 0 Å². The van der Waals surface area contributed by atoms with Crippen LogP contribution < -0.4 is 5.32 Å². The summed E-state index contributed by atoms with van der Waals surface area (Å²) in [6.45, 7) is 1.70. The number of hydrogen-bond acceptors (Lipinski definition) is 3. The van der Waals surface area contributed by atoms with Gasteiger partial charge in [0.25, 0.3) is 0 Å². The molecule has 0 bridgehead atoms. The van der Waals surface area contributed by atoms with Gasteiger partial charge >= 0.3 is 0 Å². The van der Waals surface area contributed by atoms with Gasteiger partial charge in [-0.3, -0.25) is 5.32 Å². The molecule has 1 aliphatic heterocycles. The van der Waals surface area contributed by atoms with Gasteiger partial charge in [-0.05, 0) is 6.08 Å². The number of rotatable bonds is 2. The average molecular weight is 129 g/mol. The fraction of sp³-hybridized carbons (Fsp3) is 0.667. The third-order valence-corrected chi connectivity index (χ3v) is 1.25. The Hall–Kier alpha value is -0.540. The van der Waals surface area contributed by atoms with E-state index in [1.165, 1.54) is 0 Å². The Morgan fingerprint density at radius 3 is 3.22 bits per heavy atom. The van der Waals surface area contributed by atoms with E-state index in [-0.39, 0.29) is 6.23 Å². The average Bonchev–Trinajstić information content (AvgIpc) is 2.34. The summed E-state index contributed by atoms with van der Waals surface area (Å²) in [6.07, 6.45) is 3.58. The summed E-state index contributed by atoms with van der Waals surface area (Å²) in [5.74, 6) is 0. The number of nitrogens with one attached hydrogen (secondary N) is 1. The van der Waals surface area contributed by atoms with Crippen LogP contribution in [0.2, 0.25) is 0 Å². The zero-order valence-corrected chi connectivity index (χ0v) is 5.21. The summed E-state index contributed by atoms with van der Waals surface area (Å²) in [4.78, 5) is 0. The van der Waals surface area contributed by atoms with Gasteiger partial charge in [0, 0.05) is 13.0 Å². The zero-order valence-electron chi connectivity index (χ0n) is 5.21. The second-order valence-corrected chi connectivity index (χ2v) is 1.93. The lowest BCUT2D eigenvalue weighted by Crippen LogP contribution is -2.21. The van der Waals surface area contributed by atoms with Crippen molar-refractivity contribution in [2.45, 2.75) is 12.6 Å². The van der Waals surface area contributed by atoms with E-state index < -0.39 is 0 Å². The predicted molar refractivity (Wildman–Crippen MR) is 34.1 cm³/mol. The van der Waals surface area contributed by atoms with Gasteiger partial charge in [-0.25, -0.2) is 0 Å². The highest BCUT2D eigenvalue weighted by atomic mass is 16.5. The third kappa shape index (κ3) is 2.03. The van der Waals surface area contributed by atoms with Crippen LogP contribution in [0.5, 0.6) is 0 Å². The van der Waals surface area contributed by atoms with E-state index in [1.807, 2.05) is 0 Å². The summed E-state index contributed by atoms with van der Waals surface area (Å²) in [5, 5.41) is 11.4. The number of ether oxygens (including phenoxy) is 1. The first-order valence-corrected chi connectivity index (χ1v) is 3.07. The summed E-state index contributed by atoms with van der Waals surface area (Å²) in [6, 6.07) is 0. The first-order chi connectivity index (χ1) is 4.43. The monoisotopic (exact) mass is 129 g/mol. The second kappa shape index (κ2) is 3.48. The SMILES string of the molecule is OC=CCC1NCCO1. The molecule has 3 nitrogen and oxygen atoms in total. The minimum absolute atomic E-state index is 0.119. The lowest BCUT2D eigenvalue weighted by Gasteiger charge is -2.03. The highest BCUT2D eigenvalue weighted by molar-refractivity contribution is 4.77. The molecular weight excluding hydrogens is 118 g/mol. The molecule has 2 N–H and O–H groups in total. The molecule has 1 saturated heterocycles. The van der Waals surface area contributed by atoms with Gasteiger partial charge < -0.3 is 9.84 Å². The van der Waals surface area contributed by atoms with Gasteiger partial charge in [-0.1, -0.05) is 0 Å². The van der Waals surface area contributed by atoms with Gasteiger partial charge in [0.2, 0.25) is 0 Å². The molecule has 1 rings (SSSR count). The summed E-state index contributed by atoms with van der Waals surface area (Å²) >= 11 is 0. The number of aliphatic hydroxyl groups is 1.